The van der Waals surface area contributed by atoms with Gasteiger partial charge in [-0.3, -0.25) is 4.79 Å². The summed E-state index contributed by atoms with van der Waals surface area (Å²) in [6.45, 7) is 1.32. The van der Waals surface area contributed by atoms with Crippen LogP contribution in [0.25, 0.3) is 10.8 Å². The molecular formula is C17H23ClN2O. The van der Waals surface area contributed by atoms with Gasteiger partial charge in [-0.1, -0.05) is 42.5 Å². The summed E-state index contributed by atoms with van der Waals surface area (Å²) in [5.41, 5.74) is 6.73. The first kappa shape index (κ1) is 17.5. The molecule has 0 fully saturated rings. The lowest BCUT2D eigenvalue weighted by Gasteiger charge is -2.17. The summed E-state index contributed by atoms with van der Waals surface area (Å²) in [5.74, 6) is 0.177. The van der Waals surface area contributed by atoms with Crippen molar-refractivity contribution in [2.24, 2.45) is 5.73 Å². The minimum atomic E-state index is 0. The zero-order valence-electron chi connectivity index (χ0n) is 12.4. The Balaban J connectivity index is 0.00000220. The predicted molar refractivity (Wildman–Crippen MR) is 90.8 cm³/mol. The molecule has 0 heterocycles. The number of amides is 1. The molecule has 0 aliphatic heterocycles. The summed E-state index contributed by atoms with van der Waals surface area (Å²) >= 11 is 0. The Bertz CT molecular complexity index is 581. The van der Waals surface area contributed by atoms with Crippen LogP contribution in [0.3, 0.4) is 0 Å². The second-order valence-corrected chi connectivity index (χ2v) is 5.10. The number of carbonyl (C=O) groups is 1. The first-order valence-corrected chi connectivity index (χ1v) is 7.13. The molecule has 0 spiro atoms. The van der Waals surface area contributed by atoms with Crippen molar-refractivity contribution in [1.82, 2.24) is 4.90 Å². The first-order chi connectivity index (χ1) is 9.72. The second kappa shape index (κ2) is 8.65. The molecule has 2 N–H and O–H groups in total. The zero-order chi connectivity index (χ0) is 14.4. The van der Waals surface area contributed by atoms with Gasteiger partial charge in [0.25, 0.3) is 0 Å². The van der Waals surface area contributed by atoms with Crippen LogP contribution in [0.2, 0.25) is 0 Å². The maximum atomic E-state index is 11.9. The van der Waals surface area contributed by atoms with Crippen LogP contribution in [0.5, 0.6) is 0 Å². The van der Waals surface area contributed by atoms with Gasteiger partial charge in [0.05, 0.1) is 0 Å². The lowest BCUT2D eigenvalue weighted by Crippen LogP contribution is -2.29. The first-order valence-electron chi connectivity index (χ1n) is 7.13. The molecule has 0 radical (unpaired) electrons. The Morgan fingerprint density at radius 2 is 1.86 bits per heavy atom. The van der Waals surface area contributed by atoms with Gasteiger partial charge in [-0.15, -0.1) is 12.4 Å². The molecule has 0 aliphatic carbocycles. The third-order valence-corrected chi connectivity index (χ3v) is 3.62. The zero-order valence-corrected chi connectivity index (χ0v) is 13.2. The van der Waals surface area contributed by atoms with Crippen molar-refractivity contribution in [2.75, 3.05) is 20.1 Å². The Kier molecular flexibility index (Phi) is 7.20. The number of hydrogen-bond donors (Lipinski definition) is 1. The van der Waals surface area contributed by atoms with Gasteiger partial charge in [-0.2, -0.15) is 0 Å². The molecule has 0 saturated carbocycles. The van der Waals surface area contributed by atoms with Gasteiger partial charge in [0.15, 0.2) is 0 Å². The number of benzene rings is 2. The van der Waals surface area contributed by atoms with E-state index in [-0.39, 0.29) is 18.3 Å². The highest BCUT2D eigenvalue weighted by Crippen LogP contribution is 2.19. The Hall–Kier alpha value is -1.58. The van der Waals surface area contributed by atoms with Crippen LogP contribution in [-0.2, 0) is 11.2 Å². The van der Waals surface area contributed by atoms with Gasteiger partial charge in [-0.05, 0) is 35.7 Å². The molecule has 0 bridgehead atoms. The minimum absolute atomic E-state index is 0. The van der Waals surface area contributed by atoms with Crippen molar-refractivity contribution >= 4 is 29.1 Å². The molecule has 0 saturated heterocycles. The lowest BCUT2D eigenvalue weighted by molar-refractivity contribution is -0.129. The summed E-state index contributed by atoms with van der Waals surface area (Å²) in [5, 5.41) is 2.53. The van der Waals surface area contributed by atoms with Gasteiger partial charge in [0.2, 0.25) is 5.91 Å². The number of carbonyl (C=O) groups excluding carboxylic acids is 1. The molecule has 2 aromatic carbocycles. The Labute approximate surface area is 132 Å². The summed E-state index contributed by atoms with van der Waals surface area (Å²) in [6.07, 6.45) is 2.19. The van der Waals surface area contributed by atoms with Crippen LogP contribution in [0.1, 0.15) is 18.4 Å². The number of rotatable bonds is 6. The summed E-state index contributed by atoms with van der Waals surface area (Å²) < 4.78 is 0. The third kappa shape index (κ3) is 4.73. The van der Waals surface area contributed by atoms with Gasteiger partial charge >= 0.3 is 0 Å². The summed E-state index contributed by atoms with van der Waals surface area (Å²) in [6, 6.07) is 14.7. The number of hydrogen-bond acceptors (Lipinski definition) is 2. The van der Waals surface area contributed by atoms with Crippen molar-refractivity contribution in [3.8, 4) is 0 Å². The molecule has 0 aliphatic rings. The fourth-order valence-electron chi connectivity index (χ4n) is 2.37. The SMILES string of the molecule is CN(CCc1cccc2ccccc12)C(=O)CCCN.Cl. The summed E-state index contributed by atoms with van der Waals surface area (Å²) in [7, 11) is 1.87. The molecule has 114 valence electrons. The normalized spacial score (nSPS) is 10.2. The third-order valence-electron chi connectivity index (χ3n) is 3.62. The molecular weight excluding hydrogens is 284 g/mol. The van der Waals surface area contributed by atoms with Gasteiger partial charge in [-0.25, -0.2) is 0 Å². The standard InChI is InChI=1S/C17H22N2O.ClH/c1-19(17(20)10-5-12-18)13-11-15-8-4-7-14-6-2-3-9-16(14)15;/h2-4,6-9H,5,10-13,18H2,1H3;1H. The number of halogens is 1. The molecule has 21 heavy (non-hydrogen) atoms. The van der Waals surface area contributed by atoms with Gasteiger partial charge < -0.3 is 10.6 Å². The number of fused-ring (bicyclic) bond motifs is 1. The van der Waals surface area contributed by atoms with E-state index >= 15 is 0 Å². The molecule has 2 rings (SSSR count). The number of nitrogens with two attached hydrogens (primary N) is 1. The smallest absolute Gasteiger partial charge is 0.222 e. The van der Waals surface area contributed by atoms with Crippen molar-refractivity contribution in [1.29, 1.82) is 0 Å². The fraction of sp³-hybridized carbons (Fsp3) is 0.353. The average molecular weight is 307 g/mol. The van der Waals surface area contributed by atoms with Crippen molar-refractivity contribution in [2.45, 2.75) is 19.3 Å². The van der Waals surface area contributed by atoms with Crippen molar-refractivity contribution < 1.29 is 4.79 Å². The molecule has 4 heteroatoms. The van der Waals surface area contributed by atoms with Crippen LogP contribution < -0.4 is 5.73 Å². The van der Waals surface area contributed by atoms with Crippen LogP contribution >= 0.6 is 12.4 Å². The molecule has 0 atom stereocenters. The van der Waals surface area contributed by atoms with E-state index in [0.29, 0.717) is 13.0 Å². The predicted octanol–water partition coefficient (Wildman–Crippen LogP) is 3.00. The molecule has 2 aromatic rings. The molecule has 3 nitrogen and oxygen atoms in total. The van der Waals surface area contributed by atoms with E-state index in [2.05, 4.69) is 42.5 Å². The monoisotopic (exact) mass is 306 g/mol. The number of likely N-dealkylation sites (N-methyl/N-ethyl adjacent to an activating group) is 1. The maximum Gasteiger partial charge on any atom is 0.222 e. The van der Waals surface area contributed by atoms with Crippen molar-refractivity contribution in [3.05, 3.63) is 48.0 Å². The Morgan fingerprint density at radius 3 is 2.62 bits per heavy atom. The lowest BCUT2D eigenvalue weighted by atomic mass is 10.0. The van der Waals surface area contributed by atoms with E-state index in [0.717, 1.165) is 19.4 Å². The minimum Gasteiger partial charge on any atom is -0.345 e. The van der Waals surface area contributed by atoms with E-state index < -0.39 is 0 Å². The van der Waals surface area contributed by atoms with E-state index in [1.165, 1.54) is 16.3 Å². The van der Waals surface area contributed by atoms with Gasteiger partial charge in [0.1, 0.15) is 0 Å². The molecule has 1 amide bonds. The van der Waals surface area contributed by atoms with E-state index in [1.54, 1.807) is 4.90 Å². The second-order valence-electron chi connectivity index (χ2n) is 5.10. The number of nitrogens with zero attached hydrogens (tertiary/aromatic N) is 1. The van der Waals surface area contributed by atoms with Crippen LogP contribution in [-0.4, -0.2) is 30.9 Å². The largest absolute Gasteiger partial charge is 0.345 e. The Morgan fingerprint density at radius 1 is 1.14 bits per heavy atom. The molecule has 0 aromatic heterocycles. The van der Waals surface area contributed by atoms with Crippen molar-refractivity contribution in [3.63, 3.8) is 0 Å². The fourth-order valence-corrected chi connectivity index (χ4v) is 2.37. The van der Waals surface area contributed by atoms with Crippen LogP contribution in [0.4, 0.5) is 0 Å². The highest BCUT2D eigenvalue weighted by atomic mass is 35.5. The topological polar surface area (TPSA) is 46.3 Å². The highest BCUT2D eigenvalue weighted by Gasteiger charge is 2.08. The van der Waals surface area contributed by atoms with E-state index in [1.807, 2.05) is 7.05 Å². The maximum absolute atomic E-state index is 11.9. The highest BCUT2D eigenvalue weighted by molar-refractivity contribution is 5.86. The van der Waals surface area contributed by atoms with Crippen LogP contribution in [0.15, 0.2) is 42.5 Å². The van der Waals surface area contributed by atoms with Gasteiger partial charge in [0, 0.05) is 20.0 Å². The van der Waals surface area contributed by atoms with E-state index in [4.69, 9.17) is 5.73 Å². The quantitative estimate of drug-likeness (QED) is 0.892. The average Bonchev–Trinajstić information content (AvgIpc) is 2.50. The molecule has 0 unspecified atom stereocenters. The summed E-state index contributed by atoms with van der Waals surface area (Å²) in [4.78, 5) is 13.7. The van der Waals surface area contributed by atoms with E-state index in [9.17, 15) is 4.79 Å². The van der Waals surface area contributed by atoms with Crippen LogP contribution in [0, 0.1) is 0 Å².